The standard InChI is InChI=1S/C19H16O5/c1-9-10(2)18(21)19-16(17(9)20)11(3)14(24-19)6-12-4-5-13-15(7-12)23-8-22-13/h4-5,7H,6,8H2,1-3H3. The Kier molecular flexibility index (Phi) is 3.13. The van der Waals surface area contributed by atoms with Crippen molar-refractivity contribution < 1.29 is 23.5 Å². The van der Waals surface area contributed by atoms with Crippen LogP contribution >= 0.6 is 0 Å². The highest BCUT2D eigenvalue weighted by Crippen LogP contribution is 2.36. The first-order chi connectivity index (χ1) is 11.5. The zero-order chi connectivity index (χ0) is 17.0. The Hall–Kier alpha value is -2.82. The Morgan fingerprint density at radius 1 is 0.958 bits per heavy atom. The second kappa shape index (κ2) is 5.09. The van der Waals surface area contributed by atoms with Crippen molar-refractivity contribution in [3.8, 4) is 11.5 Å². The summed E-state index contributed by atoms with van der Waals surface area (Å²) in [7, 11) is 0. The maximum absolute atomic E-state index is 12.5. The summed E-state index contributed by atoms with van der Waals surface area (Å²) in [6, 6.07) is 5.66. The molecule has 0 atom stereocenters. The zero-order valence-corrected chi connectivity index (χ0v) is 13.7. The molecule has 1 aliphatic heterocycles. The van der Waals surface area contributed by atoms with Crippen molar-refractivity contribution in [3.05, 3.63) is 57.6 Å². The normalized spacial score (nSPS) is 16.0. The van der Waals surface area contributed by atoms with Crippen LogP contribution in [0.25, 0.3) is 0 Å². The van der Waals surface area contributed by atoms with Gasteiger partial charge in [-0.25, -0.2) is 0 Å². The lowest BCUT2D eigenvalue weighted by Gasteiger charge is -2.11. The third kappa shape index (κ3) is 2.01. The van der Waals surface area contributed by atoms with Crippen LogP contribution < -0.4 is 9.47 Å². The molecule has 1 aromatic heterocycles. The number of carbonyl (C=O) groups is 2. The summed E-state index contributed by atoms with van der Waals surface area (Å²) < 4.78 is 16.5. The van der Waals surface area contributed by atoms with E-state index in [1.54, 1.807) is 13.8 Å². The molecule has 0 unspecified atom stereocenters. The largest absolute Gasteiger partial charge is 0.456 e. The molecule has 0 N–H and O–H groups in total. The van der Waals surface area contributed by atoms with Gasteiger partial charge in [0, 0.05) is 23.1 Å². The molecule has 24 heavy (non-hydrogen) atoms. The predicted molar refractivity (Wildman–Crippen MR) is 85.9 cm³/mol. The molecule has 1 aromatic carbocycles. The molecule has 0 bridgehead atoms. The number of carbonyl (C=O) groups excluding carboxylic acids is 2. The summed E-state index contributed by atoms with van der Waals surface area (Å²) >= 11 is 0. The van der Waals surface area contributed by atoms with Gasteiger partial charge < -0.3 is 13.9 Å². The van der Waals surface area contributed by atoms with Crippen LogP contribution in [0.1, 0.15) is 51.6 Å². The van der Waals surface area contributed by atoms with Gasteiger partial charge in [0.05, 0.1) is 5.56 Å². The van der Waals surface area contributed by atoms with E-state index in [0.29, 0.717) is 34.6 Å². The predicted octanol–water partition coefficient (Wildman–Crippen LogP) is 3.62. The van der Waals surface area contributed by atoms with Crippen LogP contribution in [-0.2, 0) is 6.42 Å². The Morgan fingerprint density at radius 2 is 1.67 bits per heavy atom. The van der Waals surface area contributed by atoms with Gasteiger partial charge in [-0.3, -0.25) is 9.59 Å². The van der Waals surface area contributed by atoms with E-state index in [1.165, 1.54) is 0 Å². The molecule has 4 rings (SSSR count). The Bertz CT molecular complexity index is 929. The molecule has 2 aromatic rings. The number of Topliss-reactive ketones (excluding diaryl/α,β-unsaturated/α-hetero) is 2. The summed E-state index contributed by atoms with van der Waals surface area (Å²) in [5.74, 6) is 1.87. The van der Waals surface area contributed by atoms with Gasteiger partial charge in [0.1, 0.15) is 5.76 Å². The molecule has 0 saturated carbocycles. The number of furan rings is 1. The highest BCUT2D eigenvalue weighted by molar-refractivity contribution is 6.26. The molecule has 2 aliphatic rings. The molecule has 0 radical (unpaired) electrons. The van der Waals surface area contributed by atoms with E-state index in [1.807, 2.05) is 25.1 Å². The minimum atomic E-state index is -0.206. The molecule has 0 spiro atoms. The molecule has 5 nitrogen and oxygen atoms in total. The van der Waals surface area contributed by atoms with Crippen molar-refractivity contribution in [2.24, 2.45) is 0 Å². The van der Waals surface area contributed by atoms with E-state index in [-0.39, 0.29) is 24.1 Å². The molecular weight excluding hydrogens is 308 g/mol. The summed E-state index contributed by atoms with van der Waals surface area (Å²) in [6.45, 7) is 5.39. The van der Waals surface area contributed by atoms with Crippen LogP contribution in [0.4, 0.5) is 0 Å². The third-order valence-corrected chi connectivity index (χ3v) is 4.72. The molecule has 5 heteroatoms. The maximum atomic E-state index is 12.5. The molecule has 0 fully saturated rings. The number of hydrogen-bond acceptors (Lipinski definition) is 5. The van der Waals surface area contributed by atoms with Crippen molar-refractivity contribution in [2.75, 3.05) is 6.79 Å². The number of rotatable bonds is 2. The zero-order valence-electron chi connectivity index (χ0n) is 13.7. The highest BCUT2D eigenvalue weighted by atomic mass is 16.7. The fourth-order valence-electron chi connectivity index (χ4n) is 3.10. The topological polar surface area (TPSA) is 65.7 Å². The molecule has 1 aliphatic carbocycles. The Balaban J connectivity index is 1.73. The van der Waals surface area contributed by atoms with E-state index in [2.05, 4.69) is 0 Å². The Morgan fingerprint density at radius 3 is 2.46 bits per heavy atom. The van der Waals surface area contributed by atoms with Crippen LogP contribution in [0.3, 0.4) is 0 Å². The second-order valence-electron chi connectivity index (χ2n) is 6.13. The molecular formula is C19H16O5. The smallest absolute Gasteiger partial charge is 0.231 e. The van der Waals surface area contributed by atoms with E-state index in [0.717, 1.165) is 16.9 Å². The van der Waals surface area contributed by atoms with Gasteiger partial charge in [0.25, 0.3) is 0 Å². The van der Waals surface area contributed by atoms with Crippen LogP contribution in [0.5, 0.6) is 11.5 Å². The van der Waals surface area contributed by atoms with Crippen molar-refractivity contribution >= 4 is 11.6 Å². The summed E-state index contributed by atoms with van der Waals surface area (Å²) in [6.07, 6.45) is 0.480. The first kappa shape index (κ1) is 14.8. The van der Waals surface area contributed by atoms with Crippen LogP contribution in [0, 0.1) is 6.92 Å². The summed E-state index contributed by atoms with van der Waals surface area (Å²) in [5.41, 5.74) is 3.04. The van der Waals surface area contributed by atoms with Crippen molar-refractivity contribution in [3.63, 3.8) is 0 Å². The number of fused-ring (bicyclic) bond motifs is 2. The van der Waals surface area contributed by atoms with Gasteiger partial charge in [-0.2, -0.15) is 0 Å². The number of allylic oxidation sites excluding steroid dienone is 2. The second-order valence-corrected chi connectivity index (χ2v) is 6.13. The first-order valence-electron chi connectivity index (χ1n) is 7.75. The number of ether oxygens (including phenoxy) is 2. The van der Waals surface area contributed by atoms with Crippen molar-refractivity contribution in [2.45, 2.75) is 27.2 Å². The van der Waals surface area contributed by atoms with Gasteiger partial charge in [0.15, 0.2) is 23.0 Å². The van der Waals surface area contributed by atoms with E-state index >= 15 is 0 Å². The lowest BCUT2D eigenvalue weighted by molar-refractivity contribution is 0.0955. The van der Waals surface area contributed by atoms with Crippen LogP contribution in [0.2, 0.25) is 0 Å². The van der Waals surface area contributed by atoms with Gasteiger partial charge in [-0.1, -0.05) is 6.07 Å². The minimum Gasteiger partial charge on any atom is -0.456 e. The maximum Gasteiger partial charge on any atom is 0.231 e. The number of hydrogen-bond donors (Lipinski definition) is 0. The average molecular weight is 324 g/mol. The fraction of sp³-hybridized carbons (Fsp3) is 0.263. The highest BCUT2D eigenvalue weighted by Gasteiger charge is 2.34. The van der Waals surface area contributed by atoms with Crippen molar-refractivity contribution in [1.29, 1.82) is 0 Å². The fourth-order valence-corrected chi connectivity index (χ4v) is 3.10. The number of ketones is 2. The lowest BCUT2D eigenvalue weighted by atomic mass is 9.88. The first-order valence-corrected chi connectivity index (χ1v) is 7.75. The third-order valence-electron chi connectivity index (χ3n) is 4.72. The quantitative estimate of drug-likeness (QED) is 0.844. The molecule has 122 valence electrons. The molecule has 0 saturated heterocycles. The lowest BCUT2D eigenvalue weighted by Crippen LogP contribution is -2.18. The van der Waals surface area contributed by atoms with Crippen molar-refractivity contribution in [1.82, 2.24) is 0 Å². The van der Waals surface area contributed by atoms with Gasteiger partial charge in [-0.05, 0) is 38.5 Å². The minimum absolute atomic E-state index is 0.125. The van der Waals surface area contributed by atoms with Gasteiger partial charge in [0.2, 0.25) is 12.6 Å². The Labute approximate surface area is 138 Å². The van der Waals surface area contributed by atoms with Crippen LogP contribution in [-0.4, -0.2) is 18.4 Å². The SMILES string of the molecule is CC1=C(C)C(=O)c2c(oc(Cc3ccc4c(c3)OCO4)c2C)C1=O. The summed E-state index contributed by atoms with van der Waals surface area (Å²) in [5, 5.41) is 0. The molecule has 2 heterocycles. The van der Waals surface area contributed by atoms with E-state index < -0.39 is 0 Å². The summed E-state index contributed by atoms with van der Waals surface area (Å²) in [4.78, 5) is 24.9. The average Bonchev–Trinajstić information content (AvgIpc) is 3.16. The van der Waals surface area contributed by atoms with Crippen LogP contribution in [0.15, 0.2) is 33.8 Å². The monoisotopic (exact) mass is 324 g/mol. The van der Waals surface area contributed by atoms with Gasteiger partial charge >= 0.3 is 0 Å². The number of benzene rings is 1. The molecule has 0 amide bonds. The van der Waals surface area contributed by atoms with E-state index in [9.17, 15) is 9.59 Å². The van der Waals surface area contributed by atoms with Gasteiger partial charge in [-0.15, -0.1) is 0 Å². The van der Waals surface area contributed by atoms with E-state index in [4.69, 9.17) is 13.9 Å².